The molecule has 4 nitrogen and oxygen atoms in total. The third-order valence-corrected chi connectivity index (χ3v) is 2.42. The molecule has 0 saturated heterocycles. The van der Waals surface area contributed by atoms with Crippen LogP contribution in [0, 0.1) is 5.82 Å². The molecule has 0 aromatic heterocycles. The van der Waals surface area contributed by atoms with E-state index in [-0.39, 0.29) is 25.4 Å². The van der Waals surface area contributed by atoms with Crippen molar-refractivity contribution in [1.29, 1.82) is 0 Å². The second-order valence-corrected chi connectivity index (χ2v) is 4.30. The van der Waals surface area contributed by atoms with Crippen LogP contribution in [0.1, 0.15) is 13.3 Å². The molecular formula is C12H12BrFO4. The van der Waals surface area contributed by atoms with E-state index in [0.29, 0.717) is 4.47 Å². The maximum absolute atomic E-state index is 13.3. The summed E-state index contributed by atoms with van der Waals surface area (Å²) in [6.45, 7) is 1.50. The number of carbonyl (C=O) groups is 2. The highest BCUT2D eigenvalue weighted by molar-refractivity contribution is 9.10. The molecule has 0 fully saturated rings. The molecule has 0 aliphatic rings. The van der Waals surface area contributed by atoms with E-state index >= 15 is 0 Å². The van der Waals surface area contributed by atoms with Crippen molar-refractivity contribution in [3.05, 3.63) is 28.5 Å². The summed E-state index contributed by atoms with van der Waals surface area (Å²) in [6, 6.07) is 4.14. The molecular weight excluding hydrogens is 307 g/mol. The molecule has 0 atom stereocenters. The number of hydrogen-bond donors (Lipinski definition) is 0. The fraction of sp³-hybridized carbons (Fsp3) is 0.333. The van der Waals surface area contributed by atoms with Gasteiger partial charge in [0.05, 0.1) is 6.61 Å². The summed E-state index contributed by atoms with van der Waals surface area (Å²) in [5.74, 6) is -1.68. The normalized spacial score (nSPS) is 9.94. The van der Waals surface area contributed by atoms with Gasteiger partial charge in [-0.3, -0.25) is 9.59 Å². The van der Waals surface area contributed by atoms with E-state index < -0.39 is 17.6 Å². The monoisotopic (exact) mass is 318 g/mol. The SMILES string of the molecule is CCOC(=O)CC(=O)COc1cc(Br)ccc1F. The molecule has 0 aliphatic carbocycles. The lowest BCUT2D eigenvalue weighted by atomic mass is 10.3. The Bertz CT molecular complexity index is 448. The first kappa shape index (κ1) is 14.6. The number of ether oxygens (including phenoxy) is 2. The Morgan fingerprint density at radius 3 is 2.78 bits per heavy atom. The molecule has 1 aromatic rings. The number of carbonyl (C=O) groups excluding carboxylic acids is 2. The van der Waals surface area contributed by atoms with Crippen molar-refractivity contribution in [1.82, 2.24) is 0 Å². The Morgan fingerprint density at radius 2 is 2.11 bits per heavy atom. The lowest BCUT2D eigenvalue weighted by Crippen LogP contribution is -2.17. The predicted molar refractivity (Wildman–Crippen MR) is 65.9 cm³/mol. The third-order valence-electron chi connectivity index (χ3n) is 1.93. The van der Waals surface area contributed by atoms with Crippen LogP contribution in [0.15, 0.2) is 22.7 Å². The minimum Gasteiger partial charge on any atom is -0.483 e. The molecule has 0 N–H and O–H groups in total. The fourth-order valence-electron chi connectivity index (χ4n) is 1.17. The van der Waals surface area contributed by atoms with Gasteiger partial charge in [0.15, 0.2) is 17.3 Å². The molecule has 0 unspecified atom stereocenters. The van der Waals surface area contributed by atoms with Crippen molar-refractivity contribution in [2.24, 2.45) is 0 Å². The van der Waals surface area contributed by atoms with Crippen molar-refractivity contribution in [2.45, 2.75) is 13.3 Å². The van der Waals surface area contributed by atoms with E-state index in [2.05, 4.69) is 20.7 Å². The quantitative estimate of drug-likeness (QED) is 0.597. The van der Waals surface area contributed by atoms with Crippen molar-refractivity contribution in [2.75, 3.05) is 13.2 Å². The summed E-state index contributed by atoms with van der Waals surface area (Å²) in [5.41, 5.74) is 0. The first-order valence-corrected chi connectivity index (χ1v) is 6.07. The Morgan fingerprint density at radius 1 is 1.39 bits per heavy atom. The minimum absolute atomic E-state index is 0.0402. The number of ketones is 1. The predicted octanol–water partition coefficient (Wildman–Crippen LogP) is 2.49. The minimum atomic E-state index is -0.610. The molecule has 6 heteroatoms. The molecule has 1 aromatic carbocycles. The third kappa shape index (κ3) is 4.83. The average Bonchev–Trinajstić information content (AvgIpc) is 2.30. The molecule has 18 heavy (non-hydrogen) atoms. The highest BCUT2D eigenvalue weighted by atomic mass is 79.9. The van der Waals surface area contributed by atoms with Crippen LogP contribution >= 0.6 is 15.9 Å². The van der Waals surface area contributed by atoms with Crippen LogP contribution in [0.5, 0.6) is 5.75 Å². The fourth-order valence-corrected chi connectivity index (χ4v) is 1.51. The lowest BCUT2D eigenvalue weighted by molar-refractivity contribution is -0.145. The second kappa shape index (κ2) is 7.10. The van der Waals surface area contributed by atoms with Crippen LogP contribution in [-0.2, 0) is 14.3 Å². The van der Waals surface area contributed by atoms with Crippen LogP contribution in [0.4, 0.5) is 4.39 Å². The van der Waals surface area contributed by atoms with Crippen LogP contribution < -0.4 is 4.74 Å². The van der Waals surface area contributed by atoms with E-state index in [9.17, 15) is 14.0 Å². The first-order valence-electron chi connectivity index (χ1n) is 5.28. The molecule has 1 rings (SSSR count). The summed E-state index contributed by atoms with van der Waals surface area (Å²) >= 11 is 3.16. The Labute approximate surface area is 112 Å². The smallest absolute Gasteiger partial charge is 0.313 e. The number of rotatable bonds is 6. The van der Waals surface area contributed by atoms with Gasteiger partial charge in [-0.1, -0.05) is 15.9 Å². The van der Waals surface area contributed by atoms with Gasteiger partial charge in [0.2, 0.25) is 0 Å². The summed E-state index contributed by atoms with van der Waals surface area (Å²) in [7, 11) is 0. The van der Waals surface area contributed by atoms with Crippen LogP contribution in [0.25, 0.3) is 0 Å². The largest absolute Gasteiger partial charge is 0.483 e. The molecule has 0 amide bonds. The summed E-state index contributed by atoms with van der Waals surface area (Å²) in [6.07, 6.45) is -0.372. The lowest BCUT2D eigenvalue weighted by Gasteiger charge is -2.06. The zero-order valence-electron chi connectivity index (χ0n) is 9.74. The first-order chi connectivity index (χ1) is 8.52. The van der Waals surface area contributed by atoms with Gasteiger partial charge in [-0.25, -0.2) is 4.39 Å². The van der Waals surface area contributed by atoms with Crippen molar-refractivity contribution in [3.63, 3.8) is 0 Å². The molecule has 0 radical (unpaired) electrons. The van der Waals surface area contributed by atoms with Gasteiger partial charge < -0.3 is 9.47 Å². The van der Waals surface area contributed by atoms with Crippen molar-refractivity contribution >= 4 is 27.7 Å². The second-order valence-electron chi connectivity index (χ2n) is 3.38. The van der Waals surface area contributed by atoms with E-state index in [1.165, 1.54) is 18.2 Å². The number of benzene rings is 1. The van der Waals surface area contributed by atoms with Gasteiger partial charge in [-0.2, -0.15) is 0 Å². The van der Waals surface area contributed by atoms with Gasteiger partial charge in [0, 0.05) is 4.47 Å². The Kier molecular flexibility index (Phi) is 5.77. The van der Waals surface area contributed by atoms with Gasteiger partial charge in [-0.05, 0) is 25.1 Å². The molecule has 98 valence electrons. The summed E-state index contributed by atoms with van der Waals surface area (Å²) < 4.78 is 23.5. The zero-order chi connectivity index (χ0) is 13.5. The highest BCUT2D eigenvalue weighted by Crippen LogP contribution is 2.22. The number of halogens is 2. The summed E-state index contributed by atoms with van der Waals surface area (Å²) in [5, 5.41) is 0. The number of hydrogen-bond acceptors (Lipinski definition) is 4. The van der Waals surface area contributed by atoms with E-state index in [4.69, 9.17) is 4.74 Å². The van der Waals surface area contributed by atoms with Gasteiger partial charge in [0.25, 0.3) is 0 Å². The highest BCUT2D eigenvalue weighted by Gasteiger charge is 2.12. The van der Waals surface area contributed by atoms with Crippen LogP contribution in [0.3, 0.4) is 0 Å². The van der Waals surface area contributed by atoms with Crippen LogP contribution in [0.2, 0.25) is 0 Å². The van der Waals surface area contributed by atoms with Gasteiger partial charge >= 0.3 is 5.97 Å². The topological polar surface area (TPSA) is 52.6 Å². The Hall–Kier alpha value is -1.43. The maximum atomic E-state index is 13.3. The standard InChI is InChI=1S/C12H12BrFO4/c1-2-17-12(16)6-9(15)7-18-11-5-8(13)3-4-10(11)14/h3-5H,2,6-7H2,1H3. The van der Waals surface area contributed by atoms with E-state index in [1.807, 2.05) is 0 Å². The van der Waals surface area contributed by atoms with Gasteiger partial charge in [0.1, 0.15) is 13.0 Å². The average molecular weight is 319 g/mol. The summed E-state index contributed by atoms with van der Waals surface area (Å²) in [4.78, 5) is 22.3. The van der Waals surface area contributed by atoms with E-state index in [1.54, 1.807) is 6.92 Å². The maximum Gasteiger partial charge on any atom is 0.313 e. The van der Waals surface area contributed by atoms with E-state index in [0.717, 1.165) is 0 Å². The molecule has 0 spiro atoms. The molecule has 0 saturated carbocycles. The van der Waals surface area contributed by atoms with Gasteiger partial charge in [-0.15, -0.1) is 0 Å². The molecule has 0 heterocycles. The zero-order valence-corrected chi connectivity index (χ0v) is 11.3. The molecule has 0 bridgehead atoms. The number of esters is 1. The van der Waals surface area contributed by atoms with Crippen molar-refractivity contribution < 1.29 is 23.5 Å². The number of Topliss-reactive ketones (excluding diaryl/α,β-unsaturated/α-hetero) is 1. The molecule has 0 aliphatic heterocycles. The Balaban J connectivity index is 2.47. The van der Waals surface area contributed by atoms with Crippen molar-refractivity contribution in [3.8, 4) is 5.75 Å². The van der Waals surface area contributed by atoms with Crippen LogP contribution in [-0.4, -0.2) is 25.0 Å².